The lowest BCUT2D eigenvalue weighted by Crippen LogP contribution is -2.60. The highest BCUT2D eigenvalue weighted by atomic mass is 16.7. The Hall–Kier alpha value is -2.65. The predicted molar refractivity (Wildman–Crippen MR) is 213 cm³/mol. The van der Waals surface area contributed by atoms with Crippen molar-refractivity contribution in [2.75, 3.05) is 48.5 Å². The van der Waals surface area contributed by atoms with Gasteiger partial charge in [0.25, 0.3) is 0 Å². The van der Waals surface area contributed by atoms with Gasteiger partial charge in [0.2, 0.25) is 0 Å². The van der Waals surface area contributed by atoms with Gasteiger partial charge in [0.15, 0.2) is 18.7 Å². The third-order valence-corrected chi connectivity index (χ3v) is 12.2. The Morgan fingerprint density at radius 2 is 1.62 bits per heavy atom. The second-order valence-corrected chi connectivity index (χ2v) is 18.7. The summed E-state index contributed by atoms with van der Waals surface area (Å²) >= 11 is 0. The lowest BCUT2D eigenvalue weighted by molar-refractivity contribution is -0.295. The molecule has 0 radical (unpaired) electrons. The zero-order valence-corrected chi connectivity index (χ0v) is 36.4. The third kappa shape index (κ3) is 10.9. The molecule has 3 aliphatic rings. The van der Waals surface area contributed by atoms with E-state index in [1.54, 1.807) is 64.1 Å². The molecule has 1 amide bonds. The lowest BCUT2D eigenvalue weighted by Gasteiger charge is -2.48. The van der Waals surface area contributed by atoms with Gasteiger partial charge in [-0.3, -0.25) is 4.79 Å². The molecule has 1 saturated carbocycles. The highest BCUT2D eigenvalue weighted by Crippen LogP contribution is 2.41. The SMILES string of the molecule is CO[C@]1(C)C[C@@H](C)CN(C)[C@H](C2CC(N(C)C(=O)OC(C)(C)C)C2)COC(O)C(C)(C)C(=O)[C@H](C)[C@H]1O[C@@H]1O[C@H](C)C[C@H](N(C)C)[C@H]1OC(=O)c1ccccc1. The Bertz CT molecular complexity index is 1460. The van der Waals surface area contributed by atoms with Crippen LogP contribution < -0.4 is 0 Å². The fraction of sp³-hybridized carbons (Fsp3) is 0.791. The highest BCUT2D eigenvalue weighted by Gasteiger charge is 2.52. The standard InChI is InChI=1S/C43H71N3O10/c1-26-23-43(9,51-14)36(55-38-34(32(44(10)11)20-27(2)53-38)54-37(48)29-18-16-15-17-19-29)28(3)35(47)42(7,8)39(49)52-25-33(45(12)24-26)30-21-31(22-30)46(13)40(50)56-41(4,5)6/h15-19,26-28,30-34,36,38-39,49H,20-25H2,1-14H3/t26-,27-,28+,30?,31?,32+,33+,34-,36-,38+,39?,43-/m1/s1. The van der Waals surface area contributed by atoms with Gasteiger partial charge < -0.3 is 48.2 Å². The van der Waals surface area contributed by atoms with Gasteiger partial charge in [-0.1, -0.05) is 32.0 Å². The van der Waals surface area contributed by atoms with Crippen LogP contribution in [0, 0.1) is 23.2 Å². The minimum Gasteiger partial charge on any atom is -0.452 e. The molecule has 56 heavy (non-hydrogen) atoms. The van der Waals surface area contributed by atoms with Crippen LogP contribution in [-0.2, 0) is 33.2 Å². The lowest BCUT2D eigenvalue weighted by atomic mass is 9.73. The number of aliphatic hydroxyl groups is 1. The van der Waals surface area contributed by atoms with Crippen molar-refractivity contribution in [1.82, 2.24) is 14.7 Å². The van der Waals surface area contributed by atoms with Crippen LogP contribution in [-0.4, -0.2) is 146 Å². The predicted octanol–water partition coefficient (Wildman–Crippen LogP) is 5.62. The molecule has 0 aromatic heterocycles. The van der Waals surface area contributed by atoms with E-state index in [0.29, 0.717) is 24.9 Å². The van der Waals surface area contributed by atoms with Gasteiger partial charge in [-0.15, -0.1) is 0 Å². The molecule has 13 heteroatoms. The third-order valence-electron chi connectivity index (χ3n) is 12.2. The normalized spacial score (nSPS) is 36.4. The number of benzene rings is 1. The number of likely N-dealkylation sites (N-methyl/N-ethyl adjacent to an activating group) is 2. The average Bonchev–Trinajstić information content (AvgIpc) is 3.10. The molecule has 0 bridgehead atoms. The fourth-order valence-corrected chi connectivity index (χ4v) is 8.78. The summed E-state index contributed by atoms with van der Waals surface area (Å²) in [4.78, 5) is 46.9. The first-order valence-corrected chi connectivity index (χ1v) is 20.3. The Balaban J connectivity index is 1.64. The van der Waals surface area contributed by atoms with Gasteiger partial charge in [-0.25, -0.2) is 9.59 Å². The van der Waals surface area contributed by atoms with E-state index in [9.17, 15) is 19.5 Å². The zero-order valence-electron chi connectivity index (χ0n) is 36.4. The fourth-order valence-electron chi connectivity index (χ4n) is 8.78. The Kier molecular flexibility index (Phi) is 15.2. The number of ketones is 1. The molecule has 1 aromatic rings. The van der Waals surface area contributed by atoms with E-state index in [2.05, 4.69) is 18.9 Å². The molecule has 318 valence electrons. The van der Waals surface area contributed by atoms with Gasteiger partial charge in [-0.2, -0.15) is 0 Å². The summed E-state index contributed by atoms with van der Waals surface area (Å²) in [6.45, 7) is 17.7. The monoisotopic (exact) mass is 790 g/mol. The molecule has 2 heterocycles. The molecule has 0 spiro atoms. The van der Waals surface area contributed by atoms with Crippen LogP contribution in [0.2, 0.25) is 0 Å². The van der Waals surface area contributed by atoms with Gasteiger partial charge in [0.05, 0.1) is 41.4 Å². The molecule has 1 unspecified atom stereocenters. The van der Waals surface area contributed by atoms with E-state index in [-0.39, 0.29) is 54.5 Å². The first kappa shape index (κ1) is 46.0. The van der Waals surface area contributed by atoms with Crippen molar-refractivity contribution < 1.29 is 47.9 Å². The summed E-state index contributed by atoms with van der Waals surface area (Å²) in [5, 5.41) is 11.6. The maximum Gasteiger partial charge on any atom is 0.410 e. The van der Waals surface area contributed by atoms with Crippen molar-refractivity contribution in [1.29, 1.82) is 0 Å². The summed E-state index contributed by atoms with van der Waals surface area (Å²) in [7, 11) is 9.34. The topological polar surface area (TPSA) is 137 Å². The quantitative estimate of drug-likeness (QED) is 0.328. The number of hydrogen-bond acceptors (Lipinski definition) is 12. The maximum atomic E-state index is 14.7. The number of esters is 1. The van der Waals surface area contributed by atoms with Crippen molar-refractivity contribution in [2.24, 2.45) is 23.2 Å². The van der Waals surface area contributed by atoms with Gasteiger partial charge >= 0.3 is 12.1 Å². The van der Waals surface area contributed by atoms with E-state index >= 15 is 0 Å². The molecular formula is C43H71N3O10. The maximum absolute atomic E-state index is 14.7. The van der Waals surface area contributed by atoms with Gasteiger partial charge in [0, 0.05) is 38.7 Å². The number of hydrogen-bond donors (Lipinski definition) is 1. The second-order valence-electron chi connectivity index (χ2n) is 18.7. The van der Waals surface area contributed by atoms with Crippen LogP contribution in [0.1, 0.15) is 98.4 Å². The number of ether oxygens (including phenoxy) is 6. The van der Waals surface area contributed by atoms with Crippen molar-refractivity contribution >= 4 is 17.8 Å². The molecule has 1 aromatic carbocycles. The highest BCUT2D eigenvalue weighted by molar-refractivity contribution is 5.89. The van der Waals surface area contributed by atoms with E-state index < -0.39 is 53.3 Å². The number of rotatable bonds is 8. The van der Waals surface area contributed by atoms with Crippen molar-refractivity contribution in [2.45, 2.75) is 148 Å². The average molecular weight is 790 g/mol. The first-order valence-electron chi connectivity index (χ1n) is 20.3. The van der Waals surface area contributed by atoms with Crippen LogP contribution in [0.15, 0.2) is 30.3 Å². The zero-order chi connectivity index (χ0) is 41.9. The number of Topliss-reactive ketones (excluding diaryl/α,β-unsaturated/α-hetero) is 1. The number of nitrogens with zero attached hydrogens (tertiary/aromatic N) is 3. The van der Waals surface area contributed by atoms with Gasteiger partial charge in [-0.05, 0) is 119 Å². The van der Waals surface area contributed by atoms with E-state index in [1.165, 1.54) is 0 Å². The number of aliphatic hydroxyl groups excluding tert-OH is 1. The van der Waals surface area contributed by atoms with Crippen LogP contribution in [0.25, 0.3) is 0 Å². The summed E-state index contributed by atoms with van der Waals surface area (Å²) in [5.41, 5.74) is -2.51. The summed E-state index contributed by atoms with van der Waals surface area (Å²) in [6.07, 6.45) is -2.08. The van der Waals surface area contributed by atoms with Crippen molar-refractivity contribution in [3.05, 3.63) is 35.9 Å². The number of carbonyl (C=O) groups excluding carboxylic acids is 3. The van der Waals surface area contributed by atoms with Crippen molar-refractivity contribution in [3.63, 3.8) is 0 Å². The molecule has 2 aliphatic heterocycles. The Morgan fingerprint density at radius 1 is 1.00 bits per heavy atom. The van der Waals surface area contributed by atoms with Crippen molar-refractivity contribution in [3.8, 4) is 0 Å². The molecule has 4 rings (SSSR count). The minimum absolute atomic E-state index is 0.0244. The van der Waals surface area contributed by atoms with Crippen LogP contribution in [0.4, 0.5) is 4.79 Å². The van der Waals surface area contributed by atoms with E-state index in [1.807, 2.05) is 59.7 Å². The first-order chi connectivity index (χ1) is 26.0. The number of carbonyl (C=O) groups is 3. The van der Waals surface area contributed by atoms with Crippen LogP contribution in [0.3, 0.4) is 0 Å². The molecule has 1 aliphatic carbocycles. The summed E-state index contributed by atoms with van der Waals surface area (Å²) in [6, 6.07) is 8.52. The Morgan fingerprint density at radius 3 is 2.20 bits per heavy atom. The molecule has 3 fully saturated rings. The molecule has 1 N–H and O–H groups in total. The van der Waals surface area contributed by atoms with Crippen LogP contribution >= 0.6 is 0 Å². The Labute approximate surface area is 335 Å². The largest absolute Gasteiger partial charge is 0.452 e. The van der Waals surface area contributed by atoms with Crippen LogP contribution in [0.5, 0.6) is 0 Å². The van der Waals surface area contributed by atoms with Gasteiger partial charge in [0.1, 0.15) is 11.4 Å². The van der Waals surface area contributed by atoms with E-state index in [0.717, 1.165) is 12.8 Å². The second kappa shape index (κ2) is 18.5. The smallest absolute Gasteiger partial charge is 0.410 e. The summed E-state index contributed by atoms with van der Waals surface area (Å²) < 4.78 is 37.9. The summed E-state index contributed by atoms with van der Waals surface area (Å²) in [5.74, 6) is -1.30. The molecule has 13 nitrogen and oxygen atoms in total. The molecule has 10 atom stereocenters. The number of methoxy groups -OCH3 is 1. The minimum atomic E-state index is -1.41. The molecule has 2 saturated heterocycles. The number of amides is 1. The molecular weight excluding hydrogens is 718 g/mol. The van der Waals surface area contributed by atoms with E-state index in [4.69, 9.17) is 28.4 Å².